The number of esters is 2. The summed E-state index contributed by atoms with van der Waals surface area (Å²) in [5.74, 6) is 0.210. The first-order valence-electron chi connectivity index (χ1n) is 15.4. The maximum atomic E-state index is 17.7. The molecule has 0 unspecified atom stereocenters. The number of allylic oxidation sites excluding steroid dienone is 4. The van der Waals surface area contributed by atoms with Crippen LogP contribution < -0.4 is 5.32 Å². The molecule has 0 bridgehead atoms. The molecule has 0 saturated heterocycles. The summed E-state index contributed by atoms with van der Waals surface area (Å²) in [6.07, 6.45) is 1.14. The SMILES string of the molecule is CC(=O)NCC(=O)OCC#CCSC(=O)[C@@]1(OC(=O)c2ccco2)[C@H](C)C[C@H]2[C@@H]3C[C@H](F)C4=CC(=O)C=C[C@]4(C)[C@@]3(F)[C@@H](O)C[C@@]21C. The fraction of sp³-hybridized carbons (Fsp3) is 0.559. The van der Waals surface area contributed by atoms with Gasteiger partial charge in [-0.25, -0.2) is 13.6 Å². The third-order valence-electron chi connectivity index (χ3n) is 10.6. The Balaban J connectivity index is 1.45. The molecule has 13 heteroatoms. The van der Waals surface area contributed by atoms with Crippen molar-refractivity contribution in [3.05, 3.63) is 48.0 Å². The number of hydrogen-bond donors (Lipinski definition) is 2. The van der Waals surface area contributed by atoms with E-state index in [0.717, 1.165) is 17.8 Å². The summed E-state index contributed by atoms with van der Waals surface area (Å²) < 4.78 is 49.9. The predicted octanol–water partition coefficient (Wildman–Crippen LogP) is 3.68. The van der Waals surface area contributed by atoms with Crippen LogP contribution in [0.1, 0.15) is 57.5 Å². The number of alkyl halides is 2. The maximum Gasteiger partial charge on any atom is 0.375 e. The van der Waals surface area contributed by atoms with Gasteiger partial charge in [0.1, 0.15) is 12.7 Å². The van der Waals surface area contributed by atoms with Gasteiger partial charge in [-0.15, -0.1) is 0 Å². The minimum absolute atomic E-state index is 0.0149. The van der Waals surface area contributed by atoms with Crippen LogP contribution in [0.15, 0.2) is 46.6 Å². The first kappa shape index (κ1) is 34.6. The molecule has 1 aromatic heterocycles. The molecule has 4 aliphatic carbocycles. The third kappa shape index (κ3) is 5.53. The van der Waals surface area contributed by atoms with Crippen LogP contribution in [0.3, 0.4) is 0 Å². The third-order valence-corrected chi connectivity index (χ3v) is 11.5. The topological polar surface area (TPSA) is 149 Å². The fourth-order valence-electron chi connectivity index (χ4n) is 8.48. The van der Waals surface area contributed by atoms with Crippen molar-refractivity contribution in [3.63, 3.8) is 0 Å². The number of ketones is 1. The number of aliphatic hydroxyl groups is 1. The summed E-state index contributed by atoms with van der Waals surface area (Å²) in [5.41, 5.74) is -7.22. The van der Waals surface area contributed by atoms with Crippen molar-refractivity contribution in [1.29, 1.82) is 0 Å². The lowest BCUT2D eigenvalue weighted by Crippen LogP contribution is -2.70. The van der Waals surface area contributed by atoms with Gasteiger partial charge in [0.2, 0.25) is 16.8 Å². The summed E-state index contributed by atoms with van der Waals surface area (Å²) in [4.78, 5) is 62.5. The summed E-state index contributed by atoms with van der Waals surface area (Å²) >= 11 is 0.766. The molecule has 47 heavy (non-hydrogen) atoms. The summed E-state index contributed by atoms with van der Waals surface area (Å²) in [6.45, 7) is 5.55. The van der Waals surface area contributed by atoms with Gasteiger partial charge in [0, 0.05) is 29.6 Å². The van der Waals surface area contributed by atoms with Gasteiger partial charge in [0.15, 0.2) is 23.7 Å². The van der Waals surface area contributed by atoms with Gasteiger partial charge in [-0.05, 0) is 62.0 Å². The Kier molecular flexibility index (Phi) is 9.33. The van der Waals surface area contributed by atoms with Crippen molar-refractivity contribution in [1.82, 2.24) is 5.32 Å². The first-order valence-corrected chi connectivity index (χ1v) is 16.4. The lowest BCUT2D eigenvalue weighted by Gasteiger charge is -2.63. The lowest BCUT2D eigenvalue weighted by molar-refractivity contribution is -0.221. The van der Waals surface area contributed by atoms with E-state index in [1.807, 2.05) is 0 Å². The number of ether oxygens (including phenoxy) is 2. The molecule has 9 atom stereocenters. The molecule has 0 aliphatic heterocycles. The van der Waals surface area contributed by atoms with Gasteiger partial charge < -0.3 is 24.3 Å². The minimum atomic E-state index is -2.37. The van der Waals surface area contributed by atoms with E-state index < -0.39 is 80.9 Å². The number of thioether (sulfide) groups is 1. The molecule has 3 saturated carbocycles. The van der Waals surface area contributed by atoms with Crippen LogP contribution >= 0.6 is 11.8 Å². The normalized spacial score (nSPS) is 36.9. The maximum absolute atomic E-state index is 17.7. The van der Waals surface area contributed by atoms with E-state index in [0.29, 0.717) is 0 Å². The number of fused-ring (bicyclic) bond motifs is 5. The summed E-state index contributed by atoms with van der Waals surface area (Å²) in [5, 5.41) is 13.5. The molecule has 1 amide bonds. The van der Waals surface area contributed by atoms with E-state index in [4.69, 9.17) is 13.9 Å². The van der Waals surface area contributed by atoms with Crippen molar-refractivity contribution >= 4 is 40.5 Å². The highest BCUT2D eigenvalue weighted by Gasteiger charge is 2.78. The zero-order valence-corrected chi connectivity index (χ0v) is 27.3. The number of hydrogen-bond acceptors (Lipinski definition) is 10. The predicted molar refractivity (Wildman–Crippen MR) is 165 cm³/mol. The van der Waals surface area contributed by atoms with Crippen molar-refractivity contribution in [2.24, 2.45) is 28.6 Å². The molecule has 10 nitrogen and oxygen atoms in total. The molecule has 1 heterocycles. The van der Waals surface area contributed by atoms with E-state index in [1.165, 1.54) is 44.4 Å². The van der Waals surface area contributed by atoms with Crippen LogP contribution in [0.2, 0.25) is 0 Å². The number of furan rings is 1. The minimum Gasteiger partial charge on any atom is -0.457 e. The monoisotopic (exact) mass is 673 g/mol. The number of rotatable bonds is 7. The molecular weight excluding hydrogens is 636 g/mol. The van der Waals surface area contributed by atoms with E-state index in [1.54, 1.807) is 13.8 Å². The molecule has 0 aromatic carbocycles. The van der Waals surface area contributed by atoms with Gasteiger partial charge in [-0.3, -0.25) is 19.2 Å². The van der Waals surface area contributed by atoms with Crippen LogP contribution in [-0.2, 0) is 28.7 Å². The van der Waals surface area contributed by atoms with Crippen LogP contribution in [-0.4, -0.2) is 76.3 Å². The second kappa shape index (κ2) is 12.7. The highest BCUT2D eigenvalue weighted by molar-refractivity contribution is 8.14. The number of amides is 1. The Bertz CT molecular complexity index is 1600. The molecule has 252 valence electrons. The van der Waals surface area contributed by atoms with Gasteiger partial charge in [-0.2, -0.15) is 0 Å². The smallest absolute Gasteiger partial charge is 0.375 e. The van der Waals surface area contributed by atoms with E-state index >= 15 is 8.78 Å². The molecule has 0 radical (unpaired) electrons. The zero-order chi connectivity index (χ0) is 34.4. The molecule has 4 aliphatic rings. The van der Waals surface area contributed by atoms with Crippen LogP contribution in [0.25, 0.3) is 0 Å². The number of carbonyl (C=O) groups is 5. The van der Waals surface area contributed by atoms with Gasteiger partial charge in [-0.1, -0.05) is 43.5 Å². The Morgan fingerprint density at radius 2 is 1.94 bits per heavy atom. The molecular formula is C34H37F2NO9S. The Hall–Kier alpha value is -3.76. The lowest BCUT2D eigenvalue weighted by atomic mass is 9.44. The van der Waals surface area contributed by atoms with Crippen molar-refractivity contribution in [2.45, 2.75) is 70.5 Å². The van der Waals surface area contributed by atoms with Crippen molar-refractivity contribution in [2.75, 3.05) is 18.9 Å². The van der Waals surface area contributed by atoms with Crippen molar-refractivity contribution in [3.8, 4) is 11.8 Å². The average Bonchev–Trinajstić information content (AvgIpc) is 3.63. The number of nitrogens with one attached hydrogen (secondary N) is 1. The molecule has 3 fully saturated rings. The van der Waals surface area contributed by atoms with E-state index in [2.05, 4.69) is 17.2 Å². The highest BCUT2D eigenvalue weighted by atomic mass is 32.2. The molecule has 2 N–H and O–H groups in total. The Labute approximate surface area is 275 Å². The first-order chi connectivity index (χ1) is 22.1. The summed E-state index contributed by atoms with van der Waals surface area (Å²) in [7, 11) is 0. The molecule has 1 aromatic rings. The second-order valence-electron chi connectivity index (χ2n) is 13.1. The second-order valence-corrected chi connectivity index (χ2v) is 14.0. The van der Waals surface area contributed by atoms with E-state index in [9.17, 15) is 29.1 Å². The van der Waals surface area contributed by atoms with Crippen molar-refractivity contribution < 1.29 is 51.8 Å². The van der Waals surface area contributed by atoms with Crippen LogP contribution in [0.5, 0.6) is 0 Å². The molecule has 0 spiro atoms. The largest absolute Gasteiger partial charge is 0.457 e. The van der Waals surface area contributed by atoms with Crippen LogP contribution in [0.4, 0.5) is 8.78 Å². The fourth-order valence-corrected chi connectivity index (χ4v) is 9.48. The van der Waals surface area contributed by atoms with E-state index in [-0.39, 0.29) is 49.5 Å². The zero-order valence-electron chi connectivity index (χ0n) is 26.5. The Morgan fingerprint density at radius 1 is 1.19 bits per heavy atom. The summed E-state index contributed by atoms with van der Waals surface area (Å²) in [6, 6.07) is 2.87. The highest BCUT2D eigenvalue weighted by Crippen LogP contribution is 2.72. The average molecular weight is 674 g/mol. The number of carbonyl (C=O) groups excluding carboxylic acids is 5. The van der Waals surface area contributed by atoms with Crippen LogP contribution in [0, 0.1) is 40.4 Å². The standard InChI is InChI=1S/C34H37F2NO9S/c1-19-14-22-23-16-25(35)24-15-21(39)9-10-31(24,3)33(23,36)27(40)17-32(22,4)34(19,46-29(42)26-8-7-12-44-26)30(43)47-13-6-5-11-45-28(41)18-37-20(2)38/h7-10,12,15,19,22-23,25,27,40H,11,13-14,16-18H2,1-4H3,(H,37,38)/t19-,22+,23+,25+,27+,31+,32+,33+,34+/m1/s1. The molecule has 5 rings (SSSR count). The quantitative estimate of drug-likeness (QED) is 0.324. The number of halogens is 2. The van der Waals surface area contributed by atoms with Gasteiger partial charge >= 0.3 is 11.9 Å². The number of aliphatic hydroxyl groups excluding tert-OH is 1. The van der Waals surface area contributed by atoms with Gasteiger partial charge in [0.25, 0.3) is 0 Å². The van der Waals surface area contributed by atoms with Gasteiger partial charge in [0.05, 0.1) is 18.1 Å². The Morgan fingerprint density at radius 3 is 2.62 bits per heavy atom.